The maximum atomic E-state index is 10.4. The van der Waals surface area contributed by atoms with E-state index in [1.807, 2.05) is 6.07 Å². The lowest BCUT2D eigenvalue weighted by Crippen LogP contribution is -2.49. The van der Waals surface area contributed by atoms with E-state index >= 15 is 0 Å². The van der Waals surface area contributed by atoms with E-state index in [0.29, 0.717) is 37.5 Å². The summed E-state index contributed by atoms with van der Waals surface area (Å²) < 4.78 is 10.9. The van der Waals surface area contributed by atoms with E-state index in [1.54, 1.807) is 19.5 Å². The van der Waals surface area contributed by atoms with E-state index in [4.69, 9.17) is 21.1 Å². The molecule has 1 atom stereocenters. The van der Waals surface area contributed by atoms with Crippen molar-refractivity contribution < 1.29 is 14.6 Å². The molecule has 2 heterocycles. The lowest BCUT2D eigenvalue weighted by atomic mass is 9.85. The van der Waals surface area contributed by atoms with Gasteiger partial charge in [0.25, 0.3) is 0 Å². The van der Waals surface area contributed by atoms with E-state index < -0.39 is 11.7 Å². The van der Waals surface area contributed by atoms with Gasteiger partial charge < -0.3 is 14.6 Å². The zero-order valence-corrected chi connectivity index (χ0v) is 11.2. The summed E-state index contributed by atoms with van der Waals surface area (Å²) in [5.41, 5.74) is 0.368. The topological polar surface area (TPSA) is 51.6 Å². The van der Waals surface area contributed by atoms with Crippen LogP contribution in [0.5, 0.6) is 0 Å². The number of nitrogens with zero attached hydrogens (tertiary/aromatic N) is 1. The molecule has 1 aromatic rings. The maximum absolute atomic E-state index is 10.4. The second-order valence-electron chi connectivity index (χ2n) is 4.57. The fourth-order valence-electron chi connectivity index (χ4n) is 2.35. The van der Waals surface area contributed by atoms with Gasteiger partial charge in [0.05, 0.1) is 16.7 Å². The second kappa shape index (κ2) is 5.97. The summed E-state index contributed by atoms with van der Waals surface area (Å²) in [7, 11) is 1.64. The summed E-state index contributed by atoms with van der Waals surface area (Å²) >= 11 is 6.06. The Morgan fingerprint density at radius 3 is 2.89 bits per heavy atom. The van der Waals surface area contributed by atoms with E-state index in [1.165, 1.54) is 0 Å². The van der Waals surface area contributed by atoms with Crippen LogP contribution < -0.4 is 0 Å². The Morgan fingerprint density at radius 1 is 1.56 bits per heavy atom. The van der Waals surface area contributed by atoms with Gasteiger partial charge in [-0.05, 0) is 11.6 Å². The number of hydrogen-bond donors (Lipinski definition) is 1. The minimum Gasteiger partial charge on any atom is -0.390 e. The van der Waals surface area contributed by atoms with Gasteiger partial charge in [0.2, 0.25) is 0 Å². The van der Waals surface area contributed by atoms with Crippen molar-refractivity contribution in [1.29, 1.82) is 0 Å². The molecule has 1 aromatic heterocycles. The van der Waals surface area contributed by atoms with Gasteiger partial charge >= 0.3 is 0 Å². The number of aliphatic hydroxyl groups excluding tert-OH is 1. The SMILES string of the molecule is COC1(C(O)Cc2ccncc2Cl)CCOCC1. The predicted molar refractivity (Wildman–Crippen MR) is 68.8 cm³/mol. The standard InChI is InChI=1S/C13H18ClNO3/c1-17-13(3-6-18-7-4-13)12(16)8-10-2-5-15-9-11(10)14/h2,5,9,12,16H,3-4,6-8H2,1H3. The molecule has 1 unspecified atom stereocenters. The van der Waals surface area contributed by atoms with Crippen LogP contribution in [0, 0.1) is 0 Å². The molecule has 0 saturated carbocycles. The molecule has 100 valence electrons. The maximum Gasteiger partial charge on any atom is 0.0983 e. The van der Waals surface area contributed by atoms with E-state index in [2.05, 4.69) is 4.98 Å². The average Bonchev–Trinajstić information content (AvgIpc) is 2.42. The van der Waals surface area contributed by atoms with Crippen molar-refractivity contribution in [3.8, 4) is 0 Å². The van der Waals surface area contributed by atoms with E-state index in [0.717, 1.165) is 5.56 Å². The van der Waals surface area contributed by atoms with E-state index in [9.17, 15) is 5.11 Å². The van der Waals surface area contributed by atoms with Crippen LogP contribution in [0.1, 0.15) is 18.4 Å². The summed E-state index contributed by atoms with van der Waals surface area (Å²) in [6, 6.07) is 1.83. The van der Waals surface area contributed by atoms with Crippen molar-refractivity contribution in [1.82, 2.24) is 4.98 Å². The summed E-state index contributed by atoms with van der Waals surface area (Å²) in [5, 5.41) is 11.0. The number of pyridine rings is 1. The van der Waals surface area contributed by atoms with Crippen molar-refractivity contribution in [3.63, 3.8) is 0 Å². The Hall–Kier alpha value is -0.680. The molecular formula is C13H18ClNO3. The smallest absolute Gasteiger partial charge is 0.0983 e. The van der Waals surface area contributed by atoms with Crippen LogP contribution in [0.3, 0.4) is 0 Å². The van der Waals surface area contributed by atoms with Gasteiger partial charge in [-0.1, -0.05) is 11.6 Å². The Bertz CT molecular complexity index is 394. The molecule has 2 rings (SSSR count). The molecule has 5 heteroatoms. The molecule has 1 saturated heterocycles. The molecule has 1 fully saturated rings. The van der Waals surface area contributed by atoms with Crippen molar-refractivity contribution in [2.75, 3.05) is 20.3 Å². The third-order valence-electron chi connectivity index (χ3n) is 3.62. The fraction of sp³-hybridized carbons (Fsp3) is 0.615. The van der Waals surface area contributed by atoms with Crippen molar-refractivity contribution in [3.05, 3.63) is 29.0 Å². The van der Waals surface area contributed by atoms with Crippen LogP contribution in [0.4, 0.5) is 0 Å². The molecule has 18 heavy (non-hydrogen) atoms. The number of methoxy groups -OCH3 is 1. The molecule has 1 aliphatic heterocycles. The second-order valence-corrected chi connectivity index (χ2v) is 4.98. The molecule has 0 amide bonds. The lowest BCUT2D eigenvalue weighted by Gasteiger charge is -2.39. The molecule has 0 radical (unpaired) electrons. The van der Waals surface area contributed by atoms with Gasteiger partial charge in [-0.15, -0.1) is 0 Å². The van der Waals surface area contributed by atoms with Gasteiger partial charge in [-0.2, -0.15) is 0 Å². The first-order valence-electron chi connectivity index (χ1n) is 6.07. The first kappa shape index (κ1) is 13.7. The Morgan fingerprint density at radius 2 is 2.28 bits per heavy atom. The molecule has 0 aliphatic carbocycles. The fourth-order valence-corrected chi connectivity index (χ4v) is 2.55. The first-order chi connectivity index (χ1) is 8.68. The summed E-state index contributed by atoms with van der Waals surface area (Å²) in [6.45, 7) is 1.24. The highest BCUT2D eigenvalue weighted by atomic mass is 35.5. The number of rotatable bonds is 4. The van der Waals surface area contributed by atoms with Gasteiger partial charge in [-0.3, -0.25) is 4.98 Å². The van der Waals surface area contributed by atoms with Crippen LogP contribution in [0.15, 0.2) is 18.5 Å². The minimum absolute atomic E-state index is 0.467. The highest BCUT2D eigenvalue weighted by Crippen LogP contribution is 2.31. The van der Waals surface area contributed by atoms with Crippen LogP contribution in [-0.4, -0.2) is 42.1 Å². The minimum atomic E-state index is -0.591. The third kappa shape index (κ3) is 2.83. The molecule has 0 aromatic carbocycles. The molecule has 4 nitrogen and oxygen atoms in total. The van der Waals surface area contributed by atoms with Crippen molar-refractivity contribution in [2.24, 2.45) is 0 Å². The van der Waals surface area contributed by atoms with Crippen LogP contribution in [0.25, 0.3) is 0 Å². The highest BCUT2D eigenvalue weighted by Gasteiger charge is 2.39. The monoisotopic (exact) mass is 271 g/mol. The summed E-state index contributed by atoms with van der Waals surface area (Å²) in [4.78, 5) is 3.94. The summed E-state index contributed by atoms with van der Waals surface area (Å²) in [6.07, 6.45) is 4.55. The number of hydrogen-bond acceptors (Lipinski definition) is 4. The predicted octanol–water partition coefficient (Wildman–Crippen LogP) is 1.83. The molecular weight excluding hydrogens is 254 g/mol. The Labute approximate surface area is 112 Å². The largest absolute Gasteiger partial charge is 0.390 e. The first-order valence-corrected chi connectivity index (χ1v) is 6.45. The zero-order valence-electron chi connectivity index (χ0n) is 10.4. The highest BCUT2D eigenvalue weighted by molar-refractivity contribution is 6.31. The van der Waals surface area contributed by atoms with Gasteiger partial charge in [0.15, 0.2) is 0 Å². The Balaban J connectivity index is 2.10. The normalized spacial score (nSPS) is 20.6. The molecule has 1 aliphatic rings. The van der Waals surface area contributed by atoms with Gasteiger partial charge in [-0.25, -0.2) is 0 Å². The molecule has 0 spiro atoms. The average molecular weight is 272 g/mol. The Kier molecular flexibility index (Phi) is 4.56. The van der Waals surface area contributed by atoms with Crippen LogP contribution in [0.2, 0.25) is 5.02 Å². The number of aromatic nitrogens is 1. The van der Waals surface area contributed by atoms with Gasteiger partial charge in [0.1, 0.15) is 0 Å². The van der Waals surface area contributed by atoms with Crippen molar-refractivity contribution >= 4 is 11.6 Å². The third-order valence-corrected chi connectivity index (χ3v) is 3.96. The van der Waals surface area contributed by atoms with Crippen molar-refractivity contribution in [2.45, 2.75) is 31.0 Å². The number of halogens is 1. The molecule has 0 bridgehead atoms. The molecule has 1 N–H and O–H groups in total. The zero-order chi connectivity index (χ0) is 13.0. The van der Waals surface area contributed by atoms with E-state index in [-0.39, 0.29) is 0 Å². The van der Waals surface area contributed by atoms with Gasteiger partial charge in [0, 0.05) is 52.0 Å². The lowest BCUT2D eigenvalue weighted by molar-refractivity contribution is -0.151. The number of ether oxygens (including phenoxy) is 2. The summed E-state index contributed by atoms with van der Waals surface area (Å²) in [5.74, 6) is 0. The van der Waals surface area contributed by atoms with Crippen LogP contribution in [-0.2, 0) is 15.9 Å². The number of aliphatic hydroxyl groups is 1. The van der Waals surface area contributed by atoms with Crippen LogP contribution >= 0.6 is 11.6 Å². The quantitative estimate of drug-likeness (QED) is 0.908.